The number of anilines is 2. The zero-order valence-corrected chi connectivity index (χ0v) is 49.5. The third-order valence-corrected chi connectivity index (χ3v) is 19.8. The van der Waals surface area contributed by atoms with Gasteiger partial charge in [-0.3, -0.25) is 39.5 Å². The number of allylic oxidation sites excluding steroid dienone is 1. The highest BCUT2D eigenvalue weighted by molar-refractivity contribution is 7.99. The molecule has 19 nitrogen and oxygen atoms in total. The van der Waals surface area contributed by atoms with Crippen LogP contribution in [0.2, 0.25) is 5.02 Å². The van der Waals surface area contributed by atoms with E-state index >= 15 is 0 Å². The minimum atomic E-state index is -4.62. The third-order valence-electron chi connectivity index (χ3n) is 17.0. The van der Waals surface area contributed by atoms with Gasteiger partial charge in [0.1, 0.15) is 28.9 Å². The fourth-order valence-electron chi connectivity index (χ4n) is 12.3. The minimum Gasteiger partial charge on any atom is -0.455 e. The van der Waals surface area contributed by atoms with Crippen molar-refractivity contribution in [2.45, 2.75) is 106 Å². The first-order chi connectivity index (χ1) is 40.4. The van der Waals surface area contributed by atoms with Crippen molar-refractivity contribution >= 4 is 90.7 Å². The lowest BCUT2D eigenvalue weighted by molar-refractivity contribution is -0.384. The number of nitrogens with one attached hydrogen (secondary N) is 5. The van der Waals surface area contributed by atoms with Crippen LogP contribution in [0.5, 0.6) is 11.5 Å². The number of piperidine rings is 1. The Morgan fingerprint density at radius 1 is 0.940 bits per heavy atom. The maximum Gasteiger partial charge on any atom is 0.293 e. The van der Waals surface area contributed by atoms with Crippen LogP contribution in [0.15, 0.2) is 119 Å². The number of nitro benzene ring substituents is 1. The lowest BCUT2D eigenvalue weighted by Crippen LogP contribution is -2.52. The van der Waals surface area contributed by atoms with Gasteiger partial charge in [-0.2, -0.15) is 0 Å². The fourth-order valence-corrected chi connectivity index (χ4v) is 14.4. The first kappa shape index (κ1) is 58.5. The highest BCUT2D eigenvalue weighted by Gasteiger charge is 2.40. The Morgan fingerprint density at radius 2 is 1.74 bits per heavy atom. The number of aromatic amines is 1. The molecule has 2 aliphatic carbocycles. The molecule has 11 rings (SSSR count). The molecule has 6 aromatic rings. The first-order valence-electron chi connectivity index (χ1n) is 28.8. The molecule has 1 saturated carbocycles. The van der Waals surface area contributed by atoms with Crippen LogP contribution in [-0.4, -0.2) is 120 Å². The van der Waals surface area contributed by atoms with Gasteiger partial charge in [0.25, 0.3) is 27.5 Å². The van der Waals surface area contributed by atoms with Crippen molar-refractivity contribution in [1.82, 2.24) is 35.1 Å². The molecule has 2 saturated heterocycles. The number of benzene rings is 4. The summed E-state index contributed by atoms with van der Waals surface area (Å²) in [6.45, 7) is 10.2. The summed E-state index contributed by atoms with van der Waals surface area (Å²) in [6, 6.07) is 25.8. The predicted octanol–water partition coefficient (Wildman–Crippen LogP) is 10.3. The first-order valence-corrected chi connectivity index (χ1v) is 31.7. The monoisotopic (exact) mass is 1200 g/mol. The molecule has 3 aliphatic heterocycles. The number of aromatic nitrogens is 2. The van der Waals surface area contributed by atoms with Crippen LogP contribution in [0.1, 0.15) is 110 Å². The van der Waals surface area contributed by atoms with E-state index in [0.29, 0.717) is 55.6 Å². The van der Waals surface area contributed by atoms with Gasteiger partial charge in [0.05, 0.1) is 21.6 Å². The van der Waals surface area contributed by atoms with Gasteiger partial charge >= 0.3 is 0 Å². The van der Waals surface area contributed by atoms with E-state index in [1.165, 1.54) is 35.0 Å². The van der Waals surface area contributed by atoms with Crippen LogP contribution < -0.4 is 30.3 Å². The number of carbonyl (C=O) groups is 4. The number of thioether (sulfide) groups is 1. The predicted molar refractivity (Wildman–Crippen MR) is 325 cm³/mol. The van der Waals surface area contributed by atoms with Gasteiger partial charge in [-0.05, 0) is 159 Å². The summed E-state index contributed by atoms with van der Waals surface area (Å²) < 4.78 is 36.5. The number of imide groups is 1. The van der Waals surface area contributed by atoms with Gasteiger partial charge in [0.15, 0.2) is 0 Å². The summed E-state index contributed by atoms with van der Waals surface area (Å²) in [6.07, 6.45) is 11.5. The summed E-state index contributed by atoms with van der Waals surface area (Å²) in [5.74, 6) is -0.365. The van der Waals surface area contributed by atoms with Crippen molar-refractivity contribution in [3.8, 4) is 11.5 Å². The second-order valence-electron chi connectivity index (χ2n) is 23.4. The number of halogens is 1. The average molecular weight is 1200 g/mol. The Labute approximate surface area is 497 Å². The number of sulfonamides is 1. The molecule has 5 aliphatic rings. The molecular formula is C62H69ClN10O9S2. The van der Waals surface area contributed by atoms with E-state index in [0.717, 1.165) is 116 Å². The summed E-state index contributed by atoms with van der Waals surface area (Å²) in [5, 5.41) is 23.2. The van der Waals surface area contributed by atoms with Crippen molar-refractivity contribution in [1.29, 1.82) is 0 Å². The Hall–Kier alpha value is -7.30. The Kier molecular flexibility index (Phi) is 17.5. The molecule has 1 unspecified atom stereocenters. The highest BCUT2D eigenvalue weighted by Crippen LogP contribution is 2.44. The van der Waals surface area contributed by atoms with E-state index in [9.17, 15) is 37.7 Å². The summed E-state index contributed by atoms with van der Waals surface area (Å²) >= 11 is 7.96. The normalized spacial score (nSPS) is 20.2. The number of carbonyl (C=O) groups excluding carboxylic acids is 4. The third kappa shape index (κ3) is 13.4. The highest BCUT2D eigenvalue weighted by atomic mass is 35.5. The van der Waals surface area contributed by atoms with Crippen LogP contribution in [0.4, 0.5) is 17.1 Å². The fraction of sp³-hybridized carbons (Fsp3) is 0.403. The molecule has 3 fully saturated rings. The standard InChI is InChI=1S/C62H69ClN10O9S2/c1-62(2)23-21-42(50(34-62)40-9-11-43(63)12-10-40)37-70-26-28-71(29-27-70)45-15-17-49(55(32-45)82-46-31-41-22-25-65-58(41)67-36-46)59(75)69-84(80,81)47-16-18-52(54(33-47)73(78)79)66-35-39-7-13-44(14-8-39)64-24-4-30-83-56-6-3-5-48-51(56)38-72(61(48)77)53-19-20-57(74)68-60(53)76/h3,5-6,9-12,15-18,22,25,31-33,36,39,44,53,64,66H,4,7-8,13-14,19-21,23-24,26-30,34-35,37-38H2,1-2H3,(H,65,67)(H,69,75)(H,68,74,76). The smallest absolute Gasteiger partial charge is 0.293 e. The lowest BCUT2D eigenvalue weighted by Gasteiger charge is -2.39. The maximum atomic E-state index is 14.2. The van der Waals surface area contributed by atoms with Gasteiger partial charge in [-0.15, -0.1) is 11.8 Å². The molecule has 84 heavy (non-hydrogen) atoms. The summed E-state index contributed by atoms with van der Waals surface area (Å²) in [4.78, 5) is 77.9. The Morgan fingerprint density at radius 3 is 2.51 bits per heavy atom. The van der Waals surface area contributed by atoms with Crippen LogP contribution in [0, 0.1) is 21.4 Å². The largest absolute Gasteiger partial charge is 0.455 e. The van der Waals surface area contributed by atoms with Crippen LogP contribution >= 0.6 is 23.4 Å². The van der Waals surface area contributed by atoms with Crippen molar-refractivity contribution in [3.63, 3.8) is 0 Å². The quantitative estimate of drug-likeness (QED) is 0.0157. The number of hydrogen-bond donors (Lipinski definition) is 5. The molecule has 0 spiro atoms. The van der Waals surface area contributed by atoms with E-state index in [1.807, 2.05) is 30.3 Å². The molecule has 0 bridgehead atoms. The molecule has 4 aromatic carbocycles. The number of nitrogens with zero attached hydrogens (tertiary/aromatic N) is 5. The number of pyridine rings is 1. The van der Waals surface area contributed by atoms with Gasteiger partial charge in [-0.1, -0.05) is 49.2 Å². The number of H-pyrrole nitrogens is 1. The molecule has 1 atom stereocenters. The number of rotatable bonds is 20. The molecule has 4 amide bonds. The van der Waals surface area contributed by atoms with Crippen molar-refractivity contribution < 1.29 is 37.3 Å². The SMILES string of the molecule is CC1(C)CCC(CN2CCN(c3ccc(C(=O)NS(=O)(=O)c4ccc(NCC5CCC(NCCCSc6cccc7c6CN(C6CCC(=O)NC6=O)C7=O)CC5)c([N+](=O)[O-])c4)c(Oc4cnc5[nH]ccc5c4)c3)CC2)=C(c2ccc(Cl)cc2)C1. The summed E-state index contributed by atoms with van der Waals surface area (Å²) in [7, 11) is -4.62. The number of ether oxygens (including phenoxy) is 1. The topological polar surface area (TPSA) is 241 Å². The molecule has 5 heterocycles. The molecule has 0 radical (unpaired) electrons. The minimum absolute atomic E-state index is 0.0537. The van der Waals surface area contributed by atoms with E-state index < -0.39 is 43.4 Å². The zero-order chi connectivity index (χ0) is 58.7. The van der Waals surface area contributed by atoms with Crippen LogP contribution in [0.3, 0.4) is 0 Å². The number of hydrogen-bond acceptors (Lipinski definition) is 15. The zero-order valence-electron chi connectivity index (χ0n) is 47.1. The molecule has 22 heteroatoms. The van der Waals surface area contributed by atoms with Crippen molar-refractivity contribution in [3.05, 3.63) is 146 Å². The van der Waals surface area contributed by atoms with Gasteiger partial charge in [0, 0.05) is 103 Å². The van der Waals surface area contributed by atoms with E-state index in [-0.39, 0.29) is 46.6 Å². The number of piperazine rings is 1. The van der Waals surface area contributed by atoms with Crippen LogP contribution in [0.25, 0.3) is 16.6 Å². The van der Waals surface area contributed by atoms with Gasteiger partial charge < -0.3 is 30.2 Å². The Balaban J connectivity index is 0.681. The van der Waals surface area contributed by atoms with E-state index in [4.69, 9.17) is 16.3 Å². The maximum absolute atomic E-state index is 14.2. The van der Waals surface area contributed by atoms with E-state index in [1.54, 1.807) is 53.2 Å². The molecule has 2 aromatic heterocycles. The van der Waals surface area contributed by atoms with E-state index in [2.05, 4.69) is 66.4 Å². The average Bonchev–Trinajstić information content (AvgIpc) is 2.72. The number of nitro groups is 1. The Bertz CT molecular complexity index is 3650. The van der Waals surface area contributed by atoms with Crippen LogP contribution in [-0.2, 0) is 26.2 Å². The molecule has 440 valence electrons. The molecular weight excluding hydrogens is 1130 g/mol. The second-order valence-corrected chi connectivity index (χ2v) is 26.6. The van der Waals surface area contributed by atoms with Gasteiger partial charge in [0.2, 0.25) is 11.8 Å². The molecule has 5 N–H and O–H groups in total. The van der Waals surface area contributed by atoms with Crippen molar-refractivity contribution in [2.75, 3.05) is 61.8 Å². The number of amides is 4. The van der Waals surface area contributed by atoms with Gasteiger partial charge in [-0.25, -0.2) is 18.1 Å². The lowest BCUT2D eigenvalue weighted by atomic mass is 9.72. The number of fused-ring (bicyclic) bond motifs is 2. The van der Waals surface area contributed by atoms with Crippen molar-refractivity contribution in [2.24, 2.45) is 11.3 Å². The second kappa shape index (κ2) is 25.1. The summed E-state index contributed by atoms with van der Waals surface area (Å²) in [5.41, 5.74) is 6.95.